The average molecular weight is 1390 g/mol. The van der Waals surface area contributed by atoms with Crippen molar-refractivity contribution in [2.24, 2.45) is 0 Å². The fourth-order valence-electron chi connectivity index (χ4n) is 10.0. The maximum absolute atomic E-state index is 13.7. The van der Waals surface area contributed by atoms with Crippen molar-refractivity contribution in [1.82, 2.24) is 0 Å². The lowest BCUT2D eigenvalue weighted by atomic mass is 9.79. The van der Waals surface area contributed by atoms with Crippen LogP contribution in [0.4, 0.5) is 0 Å². The van der Waals surface area contributed by atoms with Gasteiger partial charge in [0.15, 0.2) is 0 Å². The third-order valence-corrected chi connectivity index (χ3v) is 14.8. The summed E-state index contributed by atoms with van der Waals surface area (Å²) in [7, 11) is 0. The molecule has 8 heteroatoms. The smallest absolute Gasteiger partial charge is 0.122 e. The highest BCUT2D eigenvalue weighted by Gasteiger charge is 2.31. The molecule has 1 aliphatic rings. The molecule has 0 aromatic heterocycles. The Balaban J connectivity index is 1.97. The summed E-state index contributed by atoms with van der Waals surface area (Å²) in [4.78, 5) is 0. The first-order valence-corrected chi connectivity index (χ1v) is 27.4. The quantitative estimate of drug-likeness (QED) is 0.0744. The Morgan fingerprint density at radius 2 is 0.250 bits per heavy atom. The van der Waals surface area contributed by atoms with Gasteiger partial charge in [-0.05, 0) is 177 Å². The number of phenols is 8. The number of aromatic hydroxyl groups is 8. The molecule has 0 fully saturated rings. The highest BCUT2D eigenvalue weighted by atomic mass is 16.3. The Morgan fingerprint density at radius 3 is 0.312 bits per heavy atom. The molecule has 0 radical (unpaired) electrons. The van der Waals surface area contributed by atoms with Crippen LogP contribution in [-0.4, -0.2) is 40.9 Å². The van der Waals surface area contributed by atoms with Gasteiger partial charge in [-0.25, -0.2) is 0 Å². The van der Waals surface area contributed by atoms with Crippen LogP contribution in [0.5, 0.6) is 46.0 Å². The Hall–Kier alpha value is -7.84. The Bertz CT molecular complexity index is 6210. The van der Waals surface area contributed by atoms with Crippen LogP contribution in [-0.2, 0) is 94.7 Å². The summed E-state index contributed by atoms with van der Waals surface area (Å²) < 4.78 is 814. The second-order valence-electron chi connectivity index (χ2n) is 22.9. The second kappa shape index (κ2) is 25.2. The number of benzene rings is 8. The van der Waals surface area contributed by atoms with Crippen molar-refractivity contribution in [3.05, 3.63) is 230 Å². The highest BCUT2D eigenvalue weighted by molar-refractivity contribution is 5.62. The topological polar surface area (TPSA) is 162 Å². The number of fused-ring (bicyclic) bond motifs is 16. The van der Waals surface area contributed by atoms with Crippen LogP contribution >= 0.6 is 0 Å². The first-order chi connectivity index (χ1) is 80.7. The molecule has 0 aliphatic heterocycles. The van der Waals surface area contributed by atoms with E-state index in [0.717, 1.165) is 0 Å². The van der Waals surface area contributed by atoms with Gasteiger partial charge in [0.2, 0.25) is 0 Å². The molecule has 0 atom stereocenters. The molecule has 9 rings (SSSR count). The monoisotopic (exact) mass is 1390 g/mol. The van der Waals surface area contributed by atoms with E-state index in [1.165, 1.54) is 0 Å². The maximum Gasteiger partial charge on any atom is 0.122 e. The largest absolute Gasteiger partial charge is 0.507 e. The Kier molecular flexibility index (Phi) is 5.19. The fourth-order valence-corrected chi connectivity index (χ4v) is 10.0. The van der Waals surface area contributed by atoms with Gasteiger partial charge >= 0.3 is 0 Å². The SMILES string of the molecule is [2H]c1c2c(O)c(c([2H])c1C(C([2H])([2H])[2H])(C([2H])([2H])[2H])C([2H])([2H])[2H])Cc1c([2H])c(C(C([2H])([2H])[2H])(C([2H])([2H])[2H])C([2H])([2H])[2H])c([2H])c(c1O)Cc1c([2H])c(C(C([2H])([2H])[2H])(C([2H])([2H])[2H])C([2H])([2H])[2H])c([2H])c(c1O)Cc1c([2H])c(C(C([2H])([2H])[2H])(C([2H])([2H])[2H])C([2H])([2H])[2H])c([2H])c(c1O)Cc1c([2H])c(C(C([2H])([2H])[2H])(C([2H])([2H])[2H])C([2H])([2H])[2H])c([2H])c(c1O)Cc1c([2H])c(C(C([2H])([2H])[2H])(C([2H])([2H])[2H])C([2H])([2H])[2H])c([2H])c(c1O)Cc1c([2H])c(C(C([2H])([2H])[2H])(C([2H])([2H])[2H])C([2H])([2H])[2H])c([2H])c(c1O)Cc1c([2H])c(C(C([2H])([2H])[2H])(C([2H])([2H])[2H])C([2H])([2H])[2H])c([2H])c(c1O)C2. The van der Waals surface area contributed by atoms with Gasteiger partial charge in [-0.1, -0.05) is 261 Å². The molecule has 96 heavy (non-hydrogen) atoms. The minimum atomic E-state index is -5.28. The third kappa shape index (κ3) is 15.6. The van der Waals surface area contributed by atoms with E-state index < -0.39 is 535 Å². The van der Waals surface area contributed by atoms with Gasteiger partial charge in [-0.3, -0.25) is 0 Å². The molecule has 0 saturated heterocycles. The zero-order chi connectivity index (χ0) is 145. The molecule has 8 aromatic carbocycles. The lowest BCUT2D eigenvalue weighted by Gasteiger charge is -2.27. The number of hydrogen-bond acceptors (Lipinski definition) is 8. The van der Waals surface area contributed by atoms with Crippen LogP contribution in [0, 0.1) is 0 Å². The normalized spacial score (nSPS) is 30.8. The summed E-state index contributed by atoms with van der Waals surface area (Å²) in [6, 6.07) is -40.0. The first-order valence-electron chi connectivity index (χ1n) is 71.4. The van der Waals surface area contributed by atoms with Crippen molar-refractivity contribution < 1.29 is 161 Å². The summed E-state index contributed by atoms with van der Waals surface area (Å²) in [5, 5.41) is 110. The molecule has 0 saturated carbocycles. The second-order valence-corrected chi connectivity index (χ2v) is 22.9. The summed E-state index contributed by atoms with van der Waals surface area (Å²) >= 11 is 0. The van der Waals surface area contributed by atoms with Crippen LogP contribution in [0.2, 0.25) is 0 Å². The minimum Gasteiger partial charge on any atom is -0.507 e. The third-order valence-electron chi connectivity index (χ3n) is 14.8. The van der Waals surface area contributed by atoms with Crippen molar-refractivity contribution in [2.75, 3.05) is 0 Å². The molecular formula is C88H112O8. The van der Waals surface area contributed by atoms with Crippen LogP contribution in [0.3, 0.4) is 0 Å². The van der Waals surface area contributed by atoms with Crippen LogP contribution in [0.15, 0.2) is 96.7 Å². The molecule has 1 aliphatic carbocycles. The molecule has 0 amide bonds. The van der Waals surface area contributed by atoms with Crippen LogP contribution in [0.25, 0.3) is 0 Å². The molecule has 8 nitrogen and oxygen atoms in total. The van der Waals surface area contributed by atoms with Crippen LogP contribution in [0.1, 0.15) is 419 Å². The summed E-state index contributed by atoms with van der Waals surface area (Å²) in [5.41, 5.74) is -99.0. The first kappa shape index (κ1) is 19.7. The van der Waals surface area contributed by atoms with E-state index in [9.17, 15) is 62.8 Å². The van der Waals surface area contributed by atoms with E-state index in [1.807, 2.05) is 0 Å². The van der Waals surface area contributed by atoms with Crippen molar-refractivity contribution in [2.45, 2.75) is 259 Å². The van der Waals surface area contributed by atoms with Crippen molar-refractivity contribution in [1.29, 1.82) is 0 Å². The average Bonchev–Trinajstić information content (AvgIpc) is 0.677. The Morgan fingerprint density at radius 1 is 0.177 bits per heavy atom. The maximum atomic E-state index is 13.7. The summed E-state index contributed by atoms with van der Waals surface area (Å²) in [6.45, 7) is -123. The highest BCUT2D eigenvalue weighted by Crippen LogP contribution is 2.47. The van der Waals surface area contributed by atoms with E-state index in [1.54, 1.807) is 0 Å². The number of hydrogen-bond donors (Lipinski definition) is 8. The van der Waals surface area contributed by atoms with E-state index >= 15 is 0 Å². The van der Waals surface area contributed by atoms with E-state index in [0.29, 0.717) is 0 Å². The van der Waals surface area contributed by atoms with E-state index in [-0.39, 0.29) is 0 Å². The lowest BCUT2D eigenvalue weighted by molar-refractivity contribution is 0.450. The number of phenolic OH excluding ortho intramolecular Hbond substituents is 8. The van der Waals surface area contributed by atoms with Crippen molar-refractivity contribution >= 4 is 0 Å². The predicted octanol–water partition coefficient (Wildman–Crippen LogP) is 20.8. The molecule has 0 heterocycles. The van der Waals surface area contributed by atoms with Gasteiger partial charge in [0, 0.05) is 150 Å². The van der Waals surface area contributed by atoms with Crippen molar-refractivity contribution in [3.8, 4) is 46.0 Å². The van der Waals surface area contributed by atoms with Gasteiger partial charge in [0.25, 0.3) is 0 Å². The molecule has 0 unspecified atom stereocenters. The predicted molar refractivity (Wildman–Crippen MR) is 397 cm³/mol. The van der Waals surface area contributed by atoms with Gasteiger partial charge in [-0.15, -0.1) is 0 Å². The molecule has 8 aromatic rings. The lowest BCUT2D eigenvalue weighted by Crippen LogP contribution is -2.15. The van der Waals surface area contributed by atoms with Gasteiger partial charge in [0.1, 0.15) is 46.0 Å². The summed E-state index contributed by atoms with van der Waals surface area (Å²) in [6.07, 6.45) is -21.4. The summed E-state index contributed by atoms with van der Waals surface area (Å²) in [5.74, 6) is -19.9. The molecule has 0 spiro atoms. The van der Waals surface area contributed by atoms with Crippen LogP contribution < -0.4 is 0 Å². The van der Waals surface area contributed by atoms with E-state index in [4.69, 9.17) is 98.7 Å². The standard InChI is InChI=1S/C88H112O8/c1-81(2,3)65-33-49-25-51-35-66(82(4,5)6)37-53(74(51)90)27-55-39-68(84(10,11)12)41-57(76(55)92)29-59-43-70(86(16,17)18)45-61(78(59)94)31-63-47-72(88(22,23)24)48-64(80(63)96)32-62-46-71(87(19,20)21)44-60(79(62)95)30-58-42-69(85(13,14)15)40-56(77(58)93)28-54-38-67(83(7,8)9)36-52(75(54)91)26-50(34-65)73(49)89/h33-48,89-96H,25-32H2,1-24H3/i1D3,2D3,3D3,4D3,5D3,6D3,7D3,8D3,9D3,10D3,11D3,12D3,13D3,14D3,15D3,16D3,17D3,18D3,19D3,20D3,21D3,22D3,23D3,24D3,33D,34D,35D,36D,37D,38D,39D,40D,41D,42D,43D,44D,45D,46D,47D,48D. The molecule has 8 N–H and O–H groups in total. The number of rotatable bonds is 0. The molecular weight excluding hydrogens is 1180 g/mol. The van der Waals surface area contributed by atoms with Gasteiger partial charge in [-0.2, -0.15) is 0 Å². The zero-order valence-electron chi connectivity index (χ0n) is 137. The zero-order valence-corrected chi connectivity index (χ0v) is 49.2. The fraction of sp³-hybridized carbons (Fsp3) is 0.455. The molecule has 512 valence electrons. The van der Waals surface area contributed by atoms with Crippen molar-refractivity contribution in [3.63, 3.8) is 0 Å². The minimum absolute atomic E-state index is 2.24. The molecule has 16 bridgehead atoms. The van der Waals surface area contributed by atoms with Gasteiger partial charge in [0.05, 0.1) is 21.9 Å². The van der Waals surface area contributed by atoms with E-state index in [2.05, 4.69) is 0 Å². The van der Waals surface area contributed by atoms with Gasteiger partial charge < -0.3 is 40.9 Å². The Labute approximate surface area is 698 Å².